The molecule has 1 amide bonds. The van der Waals surface area contributed by atoms with Gasteiger partial charge in [0.25, 0.3) is 0 Å². The van der Waals surface area contributed by atoms with E-state index in [1.54, 1.807) is 12.1 Å². The molecule has 2 N–H and O–H groups in total. The molecule has 1 aliphatic carbocycles. The van der Waals surface area contributed by atoms with E-state index in [-0.39, 0.29) is 17.6 Å². The van der Waals surface area contributed by atoms with Gasteiger partial charge in [0.2, 0.25) is 5.91 Å². The van der Waals surface area contributed by atoms with Gasteiger partial charge < -0.3 is 10.3 Å². The molecular weight excluding hydrogens is 341 g/mol. The van der Waals surface area contributed by atoms with Gasteiger partial charge in [0.15, 0.2) is 0 Å². The van der Waals surface area contributed by atoms with Gasteiger partial charge in [0.05, 0.1) is 11.0 Å². The summed E-state index contributed by atoms with van der Waals surface area (Å²) >= 11 is 0. The van der Waals surface area contributed by atoms with Gasteiger partial charge in [0.1, 0.15) is 11.6 Å². The van der Waals surface area contributed by atoms with Crippen molar-refractivity contribution in [1.29, 1.82) is 0 Å². The van der Waals surface area contributed by atoms with Gasteiger partial charge in [-0.1, -0.05) is 24.3 Å². The fourth-order valence-electron chi connectivity index (χ4n) is 3.94. The zero-order valence-corrected chi connectivity index (χ0v) is 15.2. The number of halogens is 1. The van der Waals surface area contributed by atoms with Crippen LogP contribution in [0.25, 0.3) is 11.0 Å². The maximum absolute atomic E-state index is 12.9. The first kappa shape index (κ1) is 17.7. The first-order valence-electron chi connectivity index (χ1n) is 9.63. The standard InChI is InChI=1S/C22H24FN3O/c23-18-11-7-16(8-12-18)14-24-22(27)17-9-5-15(6-10-17)13-21-25-19-3-1-2-4-20(19)26-21/h1-4,7-8,11-12,15,17H,5-6,9-10,13-14H2,(H,24,27)(H,25,26). The van der Waals surface area contributed by atoms with Crippen LogP contribution < -0.4 is 5.32 Å². The predicted octanol–water partition coefficient (Wildman–Crippen LogP) is 4.37. The highest BCUT2D eigenvalue weighted by Gasteiger charge is 2.26. The number of aromatic nitrogens is 2. The Labute approximate surface area is 158 Å². The van der Waals surface area contributed by atoms with E-state index in [2.05, 4.69) is 15.3 Å². The molecule has 140 valence electrons. The van der Waals surface area contributed by atoms with Gasteiger partial charge in [-0.25, -0.2) is 9.37 Å². The molecule has 4 rings (SSSR count). The fourth-order valence-corrected chi connectivity index (χ4v) is 3.94. The highest BCUT2D eigenvalue weighted by Crippen LogP contribution is 2.31. The number of H-pyrrole nitrogens is 1. The second-order valence-corrected chi connectivity index (χ2v) is 7.47. The maximum Gasteiger partial charge on any atom is 0.223 e. The minimum absolute atomic E-state index is 0.0809. The van der Waals surface area contributed by atoms with Gasteiger partial charge >= 0.3 is 0 Å². The summed E-state index contributed by atoms with van der Waals surface area (Å²) < 4.78 is 12.9. The van der Waals surface area contributed by atoms with Crippen molar-refractivity contribution in [1.82, 2.24) is 15.3 Å². The third-order valence-electron chi connectivity index (χ3n) is 5.52. The van der Waals surface area contributed by atoms with E-state index in [1.165, 1.54) is 12.1 Å². The summed E-state index contributed by atoms with van der Waals surface area (Å²) in [6, 6.07) is 14.4. The summed E-state index contributed by atoms with van der Waals surface area (Å²) in [4.78, 5) is 20.5. The molecule has 1 aromatic heterocycles. The van der Waals surface area contributed by atoms with Gasteiger partial charge in [0, 0.05) is 18.9 Å². The highest BCUT2D eigenvalue weighted by atomic mass is 19.1. The number of hydrogen-bond acceptors (Lipinski definition) is 2. The number of para-hydroxylation sites is 2. The number of nitrogens with zero attached hydrogens (tertiary/aromatic N) is 1. The zero-order chi connectivity index (χ0) is 18.6. The van der Waals surface area contributed by atoms with E-state index in [1.807, 2.05) is 24.3 Å². The Morgan fingerprint density at radius 2 is 1.81 bits per heavy atom. The molecule has 0 atom stereocenters. The molecule has 0 saturated heterocycles. The van der Waals surface area contributed by atoms with E-state index in [9.17, 15) is 9.18 Å². The van der Waals surface area contributed by atoms with Crippen molar-refractivity contribution in [2.24, 2.45) is 11.8 Å². The Kier molecular flexibility index (Phi) is 5.19. The highest BCUT2D eigenvalue weighted by molar-refractivity contribution is 5.78. The summed E-state index contributed by atoms with van der Waals surface area (Å²) in [7, 11) is 0. The number of carbonyl (C=O) groups excluding carboxylic acids is 1. The molecular formula is C22H24FN3O. The van der Waals surface area contributed by atoms with Crippen LogP contribution in [-0.2, 0) is 17.8 Å². The monoisotopic (exact) mass is 365 g/mol. The van der Waals surface area contributed by atoms with Crippen molar-refractivity contribution in [3.8, 4) is 0 Å². The van der Waals surface area contributed by atoms with E-state index in [4.69, 9.17) is 0 Å². The number of aromatic amines is 1. The third-order valence-corrected chi connectivity index (χ3v) is 5.52. The molecule has 2 aromatic carbocycles. The average Bonchev–Trinajstić information content (AvgIpc) is 3.10. The number of rotatable bonds is 5. The lowest BCUT2D eigenvalue weighted by atomic mass is 9.80. The third kappa shape index (κ3) is 4.35. The molecule has 27 heavy (non-hydrogen) atoms. The second-order valence-electron chi connectivity index (χ2n) is 7.47. The lowest BCUT2D eigenvalue weighted by molar-refractivity contribution is -0.126. The van der Waals surface area contributed by atoms with Gasteiger partial charge in [-0.2, -0.15) is 0 Å². The summed E-state index contributed by atoms with van der Waals surface area (Å²) in [6.07, 6.45) is 4.87. The summed E-state index contributed by atoms with van der Waals surface area (Å²) in [5, 5.41) is 2.99. The van der Waals surface area contributed by atoms with E-state index < -0.39 is 0 Å². The topological polar surface area (TPSA) is 57.8 Å². The van der Waals surface area contributed by atoms with Crippen molar-refractivity contribution >= 4 is 16.9 Å². The smallest absolute Gasteiger partial charge is 0.223 e. The second kappa shape index (κ2) is 7.91. The molecule has 5 heteroatoms. The Balaban J connectivity index is 1.25. The van der Waals surface area contributed by atoms with E-state index in [0.717, 1.165) is 54.5 Å². The van der Waals surface area contributed by atoms with Crippen LogP contribution in [-0.4, -0.2) is 15.9 Å². The van der Waals surface area contributed by atoms with Crippen LogP contribution in [0.3, 0.4) is 0 Å². The summed E-state index contributed by atoms with van der Waals surface area (Å²) in [5.41, 5.74) is 3.02. The van der Waals surface area contributed by atoms with Crippen molar-refractivity contribution in [2.75, 3.05) is 0 Å². The number of hydrogen-bond donors (Lipinski definition) is 2. The number of amides is 1. The minimum Gasteiger partial charge on any atom is -0.352 e. The van der Waals surface area contributed by atoms with Crippen molar-refractivity contribution in [3.63, 3.8) is 0 Å². The van der Waals surface area contributed by atoms with E-state index >= 15 is 0 Å². The predicted molar refractivity (Wildman–Crippen MR) is 103 cm³/mol. The number of benzene rings is 2. The Hall–Kier alpha value is -2.69. The van der Waals surface area contributed by atoms with Gasteiger partial charge in [-0.3, -0.25) is 4.79 Å². The largest absolute Gasteiger partial charge is 0.352 e. The molecule has 4 nitrogen and oxygen atoms in total. The zero-order valence-electron chi connectivity index (χ0n) is 15.2. The van der Waals surface area contributed by atoms with Crippen LogP contribution in [0, 0.1) is 17.7 Å². The van der Waals surface area contributed by atoms with Gasteiger partial charge in [-0.15, -0.1) is 0 Å². The van der Waals surface area contributed by atoms with Gasteiger partial charge in [-0.05, 0) is 61.4 Å². The maximum atomic E-state index is 12.9. The van der Waals surface area contributed by atoms with Crippen molar-refractivity contribution in [3.05, 3.63) is 65.7 Å². The molecule has 3 aromatic rings. The Bertz CT molecular complexity index is 878. The summed E-state index contributed by atoms with van der Waals surface area (Å²) in [5.74, 6) is 1.55. The quantitative estimate of drug-likeness (QED) is 0.705. The fraction of sp³-hybridized carbons (Fsp3) is 0.364. The SMILES string of the molecule is O=C(NCc1ccc(F)cc1)C1CCC(Cc2nc3ccccc3[nH]2)CC1. The number of fused-ring (bicyclic) bond motifs is 1. The normalized spacial score (nSPS) is 19.9. The Morgan fingerprint density at radius 3 is 2.56 bits per heavy atom. The lowest BCUT2D eigenvalue weighted by Gasteiger charge is -2.27. The van der Waals surface area contributed by atoms with Crippen molar-refractivity contribution in [2.45, 2.75) is 38.6 Å². The molecule has 0 radical (unpaired) electrons. The molecule has 0 bridgehead atoms. The van der Waals surface area contributed by atoms with Crippen molar-refractivity contribution < 1.29 is 9.18 Å². The molecule has 0 spiro atoms. The number of imidazole rings is 1. The Morgan fingerprint density at radius 1 is 1.07 bits per heavy atom. The van der Waals surface area contributed by atoms with Crippen LogP contribution in [0.4, 0.5) is 4.39 Å². The summed E-state index contributed by atoms with van der Waals surface area (Å²) in [6.45, 7) is 0.456. The lowest BCUT2D eigenvalue weighted by Crippen LogP contribution is -2.33. The molecule has 1 fully saturated rings. The molecule has 1 saturated carbocycles. The first-order chi connectivity index (χ1) is 13.2. The number of nitrogens with one attached hydrogen (secondary N) is 2. The van der Waals surface area contributed by atoms with Crippen LogP contribution in [0.5, 0.6) is 0 Å². The van der Waals surface area contributed by atoms with Crippen LogP contribution in [0.1, 0.15) is 37.1 Å². The van der Waals surface area contributed by atoms with Crippen LogP contribution >= 0.6 is 0 Å². The molecule has 0 aliphatic heterocycles. The molecule has 0 unspecified atom stereocenters. The first-order valence-corrected chi connectivity index (χ1v) is 9.63. The molecule has 1 heterocycles. The average molecular weight is 365 g/mol. The number of carbonyl (C=O) groups is 1. The van der Waals surface area contributed by atoms with Crippen LogP contribution in [0.15, 0.2) is 48.5 Å². The van der Waals surface area contributed by atoms with Crippen LogP contribution in [0.2, 0.25) is 0 Å². The molecule has 1 aliphatic rings. The van der Waals surface area contributed by atoms with E-state index in [0.29, 0.717) is 12.5 Å². The minimum atomic E-state index is -0.257.